The number of carbonyl (C=O) groups is 1. The number of amides is 1. The first-order chi connectivity index (χ1) is 8.27. The van der Waals surface area contributed by atoms with Gasteiger partial charge in [-0.2, -0.15) is 0 Å². The van der Waals surface area contributed by atoms with E-state index >= 15 is 0 Å². The maximum absolute atomic E-state index is 11.7. The first-order valence-electron chi connectivity index (χ1n) is 5.41. The van der Waals surface area contributed by atoms with Crippen LogP contribution in [0, 0.1) is 0 Å². The molecular weight excluding hydrogens is 238 g/mol. The Morgan fingerprint density at radius 1 is 1.53 bits per heavy atom. The lowest BCUT2D eigenvalue weighted by Crippen LogP contribution is -2.40. The summed E-state index contributed by atoms with van der Waals surface area (Å²) >= 11 is 1.65. The van der Waals surface area contributed by atoms with Crippen LogP contribution in [-0.2, 0) is 4.74 Å². The Kier molecular flexibility index (Phi) is 3.91. The molecule has 1 unspecified atom stereocenters. The third kappa shape index (κ3) is 2.40. The number of aliphatic hydroxyl groups is 1. The van der Waals surface area contributed by atoms with E-state index < -0.39 is 0 Å². The quantitative estimate of drug-likeness (QED) is 0.874. The Morgan fingerprint density at radius 3 is 2.82 bits per heavy atom. The van der Waals surface area contributed by atoms with E-state index in [0.29, 0.717) is 0 Å². The fourth-order valence-corrected chi connectivity index (χ4v) is 3.36. The Hall–Kier alpha value is -1.20. The molecule has 1 amide bonds. The molecule has 2 atom stereocenters. The number of hydrogen-bond acceptors (Lipinski definition) is 4. The number of rotatable bonds is 2. The molecule has 1 aromatic rings. The number of thioether (sulfide) groups is 1. The fourth-order valence-electron chi connectivity index (χ4n) is 1.92. The smallest absolute Gasteiger partial charge is 0.411 e. The topological polar surface area (TPSA) is 49.8 Å². The average Bonchev–Trinajstić information content (AvgIpc) is 2.82. The van der Waals surface area contributed by atoms with E-state index in [9.17, 15) is 9.90 Å². The van der Waals surface area contributed by atoms with Crippen LogP contribution in [0.25, 0.3) is 0 Å². The first kappa shape index (κ1) is 12.3. The summed E-state index contributed by atoms with van der Waals surface area (Å²) in [6.45, 7) is -0.0363. The summed E-state index contributed by atoms with van der Waals surface area (Å²) in [6, 6.07) is 9.61. The molecule has 1 saturated heterocycles. The molecule has 92 valence electrons. The third-order valence-corrected chi connectivity index (χ3v) is 4.17. The summed E-state index contributed by atoms with van der Waals surface area (Å²) in [5.41, 5.74) is 1.05. The highest BCUT2D eigenvalue weighted by atomic mass is 32.2. The number of benzene rings is 1. The molecule has 0 radical (unpaired) electrons. The van der Waals surface area contributed by atoms with Crippen molar-refractivity contribution in [2.75, 3.05) is 19.5 Å². The van der Waals surface area contributed by atoms with E-state index in [4.69, 9.17) is 4.74 Å². The molecule has 2 rings (SSSR count). The molecule has 1 aromatic carbocycles. The molecule has 1 N–H and O–H groups in total. The van der Waals surface area contributed by atoms with Gasteiger partial charge in [0.25, 0.3) is 0 Å². The van der Waals surface area contributed by atoms with Crippen molar-refractivity contribution in [1.82, 2.24) is 4.90 Å². The fraction of sp³-hybridized carbons (Fsp3) is 0.417. The normalized spacial score (nSPS) is 23.8. The van der Waals surface area contributed by atoms with Gasteiger partial charge in [0.15, 0.2) is 0 Å². The van der Waals surface area contributed by atoms with Gasteiger partial charge in [-0.05, 0) is 5.56 Å². The zero-order chi connectivity index (χ0) is 12.3. The zero-order valence-electron chi connectivity index (χ0n) is 9.57. The van der Waals surface area contributed by atoms with E-state index in [0.717, 1.165) is 11.3 Å². The van der Waals surface area contributed by atoms with Crippen molar-refractivity contribution in [3.05, 3.63) is 35.9 Å². The summed E-state index contributed by atoms with van der Waals surface area (Å²) in [7, 11) is 1.36. The summed E-state index contributed by atoms with van der Waals surface area (Å²) in [6.07, 6.45) is -0.386. The molecule has 0 saturated carbocycles. The monoisotopic (exact) mass is 253 g/mol. The second kappa shape index (κ2) is 5.42. The summed E-state index contributed by atoms with van der Waals surface area (Å²) in [5, 5.41) is 9.21. The molecule has 1 fully saturated rings. The van der Waals surface area contributed by atoms with Crippen LogP contribution in [-0.4, -0.2) is 41.6 Å². The van der Waals surface area contributed by atoms with Crippen LogP contribution in [0.2, 0.25) is 0 Å². The number of hydrogen-bond donors (Lipinski definition) is 1. The van der Waals surface area contributed by atoms with E-state index in [1.165, 1.54) is 7.11 Å². The largest absolute Gasteiger partial charge is 0.453 e. The Bertz CT molecular complexity index is 385. The molecule has 1 heterocycles. The minimum absolute atomic E-state index is 0.0363. The second-order valence-electron chi connectivity index (χ2n) is 3.81. The van der Waals surface area contributed by atoms with Crippen LogP contribution >= 0.6 is 11.8 Å². The first-order valence-corrected chi connectivity index (χ1v) is 6.46. The van der Waals surface area contributed by atoms with Crippen molar-refractivity contribution in [2.24, 2.45) is 0 Å². The van der Waals surface area contributed by atoms with E-state index in [1.54, 1.807) is 16.7 Å². The van der Waals surface area contributed by atoms with Crippen LogP contribution in [0.5, 0.6) is 0 Å². The maximum atomic E-state index is 11.7. The molecule has 0 aliphatic carbocycles. The standard InChI is InChI=1S/C12H15NO3S/c1-16-12(15)13-10(7-14)8-17-11(13)9-5-3-2-4-6-9/h2-6,10-11,14H,7-8H2,1H3/t10-,11?/m1/s1. The van der Waals surface area contributed by atoms with Crippen molar-refractivity contribution < 1.29 is 14.6 Å². The van der Waals surface area contributed by atoms with Crippen LogP contribution < -0.4 is 0 Å². The molecular formula is C12H15NO3S. The maximum Gasteiger partial charge on any atom is 0.411 e. The van der Waals surface area contributed by atoms with Gasteiger partial charge < -0.3 is 9.84 Å². The van der Waals surface area contributed by atoms with Gasteiger partial charge in [-0.25, -0.2) is 4.79 Å². The minimum Gasteiger partial charge on any atom is -0.453 e. The summed E-state index contributed by atoms with van der Waals surface area (Å²) in [4.78, 5) is 13.4. The number of methoxy groups -OCH3 is 1. The van der Waals surface area contributed by atoms with Gasteiger partial charge in [0.05, 0.1) is 19.8 Å². The Labute approximate surface area is 105 Å². The predicted octanol–water partition coefficient (Wildman–Crippen LogP) is 1.86. The SMILES string of the molecule is COC(=O)N1C(c2ccccc2)SC[C@H]1CO. The van der Waals surface area contributed by atoms with Gasteiger partial charge in [-0.3, -0.25) is 4.90 Å². The highest BCUT2D eigenvalue weighted by molar-refractivity contribution is 7.99. The van der Waals surface area contributed by atoms with Crippen LogP contribution in [0.15, 0.2) is 30.3 Å². The number of nitrogens with zero attached hydrogens (tertiary/aromatic N) is 1. The molecule has 0 bridgehead atoms. The summed E-state index contributed by atoms with van der Waals surface area (Å²) < 4.78 is 4.78. The molecule has 0 aromatic heterocycles. The zero-order valence-corrected chi connectivity index (χ0v) is 10.4. The van der Waals surface area contributed by atoms with Crippen molar-refractivity contribution in [3.63, 3.8) is 0 Å². The van der Waals surface area contributed by atoms with Crippen LogP contribution in [0.3, 0.4) is 0 Å². The lowest BCUT2D eigenvalue weighted by Gasteiger charge is -2.27. The van der Waals surface area contributed by atoms with E-state index in [-0.39, 0.29) is 24.1 Å². The van der Waals surface area contributed by atoms with Crippen molar-refractivity contribution in [3.8, 4) is 0 Å². The summed E-state index contributed by atoms with van der Waals surface area (Å²) in [5.74, 6) is 0.727. The van der Waals surface area contributed by atoms with E-state index in [2.05, 4.69) is 0 Å². The average molecular weight is 253 g/mol. The van der Waals surface area contributed by atoms with Gasteiger partial charge in [-0.1, -0.05) is 30.3 Å². The van der Waals surface area contributed by atoms with Crippen molar-refractivity contribution >= 4 is 17.9 Å². The molecule has 17 heavy (non-hydrogen) atoms. The molecule has 1 aliphatic rings. The van der Waals surface area contributed by atoms with Gasteiger partial charge in [0.1, 0.15) is 5.37 Å². The lowest BCUT2D eigenvalue weighted by molar-refractivity contribution is 0.0903. The number of ether oxygens (including phenoxy) is 1. The lowest BCUT2D eigenvalue weighted by atomic mass is 10.2. The van der Waals surface area contributed by atoms with Crippen LogP contribution in [0.1, 0.15) is 10.9 Å². The van der Waals surface area contributed by atoms with Gasteiger partial charge in [-0.15, -0.1) is 11.8 Å². The Balaban J connectivity index is 2.25. The molecule has 5 heteroatoms. The third-order valence-electron chi connectivity index (χ3n) is 2.77. The van der Waals surface area contributed by atoms with Crippen molar-refractivity contribution in [2.45, 2.75) is 11.4 Å². The number of aliphatic hydroxyl groups excluding tert-OH is 1. The van der Waals surface area contributed by atoms with Gasteiger partial charge in [0.2, 0.25) is 0 Å². The number of carbonyl (C=O) groups excluding carboxylic acids is 1. The van der Waals surface area contributed by atoms with Crippen molar-refractivity contribution in [1.29, 1.82) is 0 Å². The minimum atomic E-state index is -0.386. The van der Waals surface area contributed by atoms with Gasteiger partial charge in [0, 0.05) is 5.75 Å². The highest BCUT2D eigenvalue weighted by Gasteiger charge is 2.38. The molecule has 0 spiro atoms. The second-order valence-corrected chi connectivity index (χ2v) is 4.92. The molecule has 1 aliphatic heterocycles. The predicted molar refractivity (Wildman–Crippen MR) is 66.8 cm³/mol. The Morgan fingerprint density at radius 2 is 2.24 bits per heavy atom. The van der Waals surface area contributed by atoms with Crippen LogP contribution in [0.4, 0.5) is 4.79 Å². The molecule has 4 nitrogen and oxygen atoms in total. The highest BCUT2D eigenvalue weighted by Crippen LogP contribution is 2.41. The van der Waals surface area contributed by atoms with E-state index in [1.807, 2.05) is 30.3 Å². The van der Waals surface area contributed by atoms with Gasteiger partial charge >= 0.3 is 6.09 Å².